The maximum atomic E-state index is 13.3. The summed E-state index contributed by atoms with van der Waals surface area (Å²) in [5.41, 5.74) is 2.42. The van der Waals surface area contributed by atoms with Crippen LogP contribution in [0.25, 0.3) is 5.76 Å². The highest BCUT2D eigenvalue weighted by molar-refractivity contribution is 6.52. The number of aromatic hydroxyl groups is 2. The number of phenols is 2. The fraction of sp³-hybridized carbons (Fsp3) is 0.214. The molecule has 0 spiro atoms. The smallest absolute Gasteiger partial charge is 0.300 e. The van der Waals surface area contributed by atoms with Gasteiger partial charge in [-0.05, 0) is 86.8 Å². The Bertz CT molecular complexity index is 1340. The van der Waals surface area contributed by atoms with Gasteiger partial charge < -0.3 is 20.1 Å². The molecule has 1 heterocycles. The van der Waals surface area contributed by atoms with E-state index in [1.165, 1.54) is 23.1 Å². The van der Waals surface area contributed by atoms with Gasteiger partial charge in [-0.1, -0.05) is 18.2 Å². The third kappa shape index (κ3) is 4.45. The molecule has 1 fully saturated rings. The topological polar surface area (TPSA) is 107 Å². The number of aliphatic hydroxyl groups excluding tert-OH is 1. The zero-order valence-corrected chi connectivity index (χ0v) is 19.9. The average Bonchev–Trinajstić information content (AvgIpc) is 3.07. The number of ketones is 1. The molecule has 0 bridgehead atoms. The van der Waals surface area contributed by atoms with Crippen LogP contribution in [0, 0.1) is 13.8 Å². The molecular formula is C28H27NO6. The van der Waals surface area contributed by atoms with E-state index in [-0.39, 0.29) is 34.6 Å². The standard InChI is InChI=1S/C28H27NO6/c1-15(2)35-23-12-8-19(14-17(23)4)26(32)24-25(18-6-9-20(30)10-7-18)29(28(34)27(24)33)21-13-16(3)5-11-22(21)31/h5-15,25,30-32H,1-4H3/b26-24-. The van der Waals surface area contributed by atoms with Crippen molar-refractivity contribution in [3.63, 3.8) is 0 Å². The van der Waals surface area contributed by atoms with E-state index in [9.17, 15) is 24.9 Å². The largest absolute Gasteiger partial charge is 0.508 e. The molecule has 180 valence electrons. The van der Waals surface area contributed by atoms with Gasteiger partial charge in [-0.3, -0.25) is 14.5 Å². The van der Waals surface area contributed by atoms with E-state index in [2.05, 4.69) is 0 Å². The summed E-state index contributed by atoms with van der Waals surface area (Å²) in [6.45, 7) is 7.45. The van der Waals surface area contributed by atoms with E-state index >= 15 is 0 Å². The van der Waals surface area contributed by atoms with E-state index in [0.29, 0.717) is 16.9 Å². The Morgan fingerprint density at radius 2 is 1.63 bits per heavy atom. The number of hydrogen-bond donors (Lipinski definition) is 3. The van der Waals surface area contributed by atoms with Crippen molar-refractivity contribution in [3.05, 3.63) is 88.5 Å². The quantitative estimate of drug-likeness (QED) is 0.269. The molecule has 1 unspecified atom stereocenters. The number of rotatable bonds is 5. The molecule has 1 aliphatic rings. The normalized spacial score (nSPS) is 17.3. The number of benzene rings is 3. The number of aliphatic hydroxyl groups is 1. The van der Waals surface area contributed by atoms with E-state index in [1.807, 2.05) is 20.8 Å². The molecule has 0 aliphatic carbocycles. The minimum absolute atomic E-state index is 0.0143. The Balaban J connectivity index is 1.92. The van der Waals surface area contributed by atoms with Crippen LogP contribution in [-0.4, -0.2) is 33.1 Å². The SMILES string of the molecule is Cc1ccc(O)c(N2C(=O)C(=O)/C(=C(\O)c3ccc(OC(C)C)c(C)c3)C2c2ccc(O)cc2)c1. The minimum Gasteiger partial charge on any atom is -0.508 e. The van der Waals surface area contributed by atoms with Crippen molar-refractivity contribution in [2.45, 2.75) is 39.8 Å². The van der Waals surface area contributed by atoms with Crippen molar-refractivity contribution in [2.24, 2.45) is 0 Å². The lowest BCUT2D eigenvalue weighted by Gasteiger charge is -2.26. The number of anilines is 1. The zero-order valence-electron chi connectivity index (χ0n) is 19.9. The van der Waals surface area contributed by atoms with Crippen LogP contribution in [0.4, 0.5) is 5.69 Å². The molecule has 1 atom stereocenters. The molecule has 0 aromatic heterocycles. The highest BCUT2D eigenvalue weighted by Crippen LogP contribution is 2.45. The third-order valence-electron chi connectivity index (χ3n) is 5.85. The molecule has 7 heteroatoms. The van der Waals surface area contributed by atoms with E-state index in [0.717, 1.165) is 11.1 Å². The van der Waals surface area contributed by atoms with Crippen molar-refractivity contribution in [3.8, 4) is 17.2 Å². The Morgan fingerprint density at radius 3 is 2.26 bits per heavy atom. The van der Waals surface area contributed by atoms with Crippen LogP contribution >= 0.6 is 0 Å². The number of ether oxygens (including phenoxy) is 1. The molecule has 0 saturated carbocycles. The van der Waals surface area contributed by atoms with Crippen LogP contribution in [0.2, 0.25) is 0 Å². The molecule has 0 radical (unpaired) electrons. The van der Waals surface area contributed by atoms with Crippen LogP contribution in [-0.2, 0) is 9.59 Å². The molecule has 1 saturated heterocycles. The molecule has 3 aromatic carbocycles. The predicted molar refractivity (Wildman–Crippen MR) is 133 cm³/mol. The Labute approximate surface area is 203 Å². The second-order valence-corrected chi connectivity index (χ2v) is 8.90. The van der Waals surface area contributed by atoms with Gasteiger partial charge >= 0.3 is 0 Å². The Hall–Kier alpha value is -4.26. The van der Waals surface area contributed by atoms with Gasteiger partial charge in [-0.25, -0.2) is 0 Å². The number of aryl methyl sites for hydroxylation is 2. The minimum atomic E-state index is -1.02. The fourth-order valence-electron chi connectivity index (χ4n) is 4.22. The van der Waals surface area contributed by atoms with Crippen molar-refractivity contribution in [1.29, 1.82) is 0 Å². The number of hydrogen-bond acceptors (Lipinski definition) is 6. The van der Waals surface area contributed by atoms with Crippen LogP contribution in [0.3, 0.4) is 0 Å². The highest BCUT2D eigenvalue weighted by Gasteiger charge is 2.47. The summed E-state index contributed by atoms with van der Waals surface area (Å²) >= 11 is 0. The lowest BCUT2D eigenvalue weighted by molar-refractivity contribution is -0.132. The fourth-order valence-corrected chi connectivity index (χ4v) is 4.22. The van der Waals surface area contributed by atoms with E-state index < -0.39 is 17.7 Å². The summed E-state index contributed by atoms with van der Waals surface area (Å²) in [4.78, 5) is 27.7. The predicted octanol–water partition coefficient (Wildman–Crippen LogP) is 5.13. The van der Waals surface area contributed by atoms with E-state index in [1.54, 1.807) is 49.4 Å². The Kier molecular flexibility index (Phi) is 6.26. The molecule has 4 rings (SSSR count). The Morgan fingerprint density at radius 1 is 0.943 bits per heavy atom. The van der Waals surface area contributed by atoms with Crippen molar-refractivity contribution >= 4 is 23.1 Å². The van der Waals surface area contributed by atoms with Crippen molar-refractivity contribution in [1.82, 2.24) is 0 Å². The third-order valence-corrected chi connectivity index (χ3v) is 5.85. The molecule has 7 nitrogen and oxygen atoms in total. The van der Waals surface area contributed by atoms with Gasteiger partial charge in [-0.2, -0.15) is 0 Å². The maximum Gasteiger partial charge on any atom is 0.300 e. The summed E-state index contributed by atoms with van der Waals surface area (Å²) in [6.07, 6.45) is -0.0324. The zero-order chi connectivity index (χ0) is 25.4. The number of Topliss-reactive ketones (excluding diaryl/α,β-unsaturated/α-hetero) is 1. The van der Waals surface area contributed by atoms with Crippen LogP contribution in [0.15, 0.2) is 66.2 Å². The van der Waals surface area contributed by atoms with Crippen molar-refractivity contribution < 1.29 is 29.6 Å². The monoisotopic (exact) mass is 473 g/mol. The maximum absolute atomic E-state index is 13.3. The molecule has 3 aromatic rings. The number of nitrogens with zero attached hydrogens (tertiary/aromatic N) is 1. The number of amides is 1. The lowest BCUT2D eigenvalue weighted by Crippen LogP contribution is -2.29. The summed E-state index contributed by atoms with van der Waals surface area (Å²) in [7, 11) is 0. The first-order valence-electron chi connectivity index (χ1n) is 11.3. The van der Waals surface area contributed by atoms with Crippen molar-refractivity contribution in [2.75, 3.05) is 4.90 Å². The first-order valence-corrected chi connectivity index (χ1v) is 11.3. The van der Waals surface area contributed by atoms with E-state index in [4.69, 9.17) is 4.74 Å². The number of carbonyl (C=O) groups excluding carboxylic acids is 2. The van der Waals surface area contributed by atoms with Crippen LogP contribution in [0.1, 0.15) is 42.1 Å². The number of phenolic OH excluding ortho intramolecular Hbond substituents is 2. The van der Waals surface area contributed by atoms with Gasteiger partial charge in [0.25, 0.3) is 11.7 Å². The summed E-state index contributed by atoms with van der Waals surface area (Å²) in [6, 6.07) is 14.8. The first-order chi connectivity index (χ1) is 16.6. The van der Waals surface area contributed by atoms with Gasteiger partial charge in [0, 0.05) is 5.56 Å². The molecule has 1 amide bonds. The highest BCUT2D eigenvalue weighted by atomic mass is 16.5. The molecule has 35 heavy (non-hydrogen) atoms. The van der Waals surface area contributed by atoms with Crippen LogP contribution in [0.5, 0.6) is 17.2 Å². The van der Waals surface area contributed by atoms with Gasteiger partial charge in [0.2, 0.25) is 0 Å². The average molecular weight is 474 g/mol. The second-order valence-electron chi connectivity index (χ2n) is 8.90. The molecule has 3 N–H and O–H groups in total. The molecular weight excluding hydrogens is 446 g/mol. The second kappa shape index (κ2) is 9.18. The van der Waals surface area contributed by atoms with Crippen LogP contribution < -0.4 is 9.64 Å². The summed E-state index contributed by atoms with van der Waals surface area (Å²) in [5.74, 6) is -1.59. The summed E-state index contributed by atoms with van der Waals surface area (Å²) < 4.78 is 5.77. The number of carbonyl (C=O) groups is 2. The van der Waals surface area contributed by atoms with Gasteiger partial charge in [0.05, 0.1) is 23.4 Å². The van der Waals surface area contributed by atoms with Gasteiger partial charge in [0.1, 0.15) is 23.0 Å². The molecule has 1 aliphatic heterocycles. The van der Waals surface area contributed by atoms with Gasteiger partial charge in [0.15, 0.2) is 0 Å². The summed E-state index contributed by atoms with van der Waals surface area (Å²) in [5, 5.41) is 31.6. The first kappa shape index (κ1) is 23.9. The lowest BCUT2D eigenvalue weighted by atomic mass is 9.94. The van der Waals surface area contributed by atoms with Gasteiger partial charge in [-0.15, -0.1) is 0 Å².